The van der Waals surface area contributed by atoms with Crippen LogP contribution in [-0.4, -0.2) is 54.6 Å². The molecular formula is C17H29ClIN5. The Labute approximate surface area is 167 Å². The molecule has 0 spiro atoms. The zero-order valence-corrected chi connectivity index (χ0v) is 17.8. The lowest BCUT2D eigenvalue weighted by molar-refractivity contribution is 0.215. The van der Waals surface area contributed by atoms with Crippen molar-refractivity contribution < 1.29 is 0 Å². The minimum Gasteiger partial charge on any atom is -0.356 e. The van der Waals surface area contributed by atoms with Crippen LogP contribution >= 0.6 is 35.6 Å². The standard InChI is InChI=1S/C17H28ClN5.HI/c1-13(2)23(15-5-6-15)11-10-21-17(19-3)20-9-8-14-4-7-16(18)22-12-14;/h4,7,12-13,15H,5-6,8-11H2,1-3H3,(H2,19,20,21);1H. The van der Waals surface area contributed by atoms with Gasteiger partial charge in [-0.15, -0.1) is 24.0 Å². The fourth-order valence-electron chi connectivity index (χ4n) is 2.67. The highest BCUT2D eigenvalue weighted by Crippen LogP contribution is 2.27. The van der Waals surface area contributed by atoms with Gasteiger partial charge in [-0.1, -0.05) is 17.7 Å². The first-order valence-corrected chi connectivity index (χ1v) is 8.78. The summed E-state index contributed by atoms with van der Waals surface area (Å²) >= 11 is 5.79. The first kappa shape index (κ1) is 21.4. The van der Waals surface area contributed by atoms with E-state index in [9.17, 15) is 0 Å². The molecule has 0 atom stereocenters. The molecule has 0 aromatic carbocycles. The van der Waals surface area contributed by atoms with Crippen LogP contribution in [0.25, 0.3) is 0 Å². The van der Waals surface area contributed by atoms with Gasteiger partial charge in [-0.25, -0.2) is 4.98 Å². The predicted molar refractivity (Wildman–Crippen MR) is 113 cm³/mol. The van der Waals surface area contributed by atoms with E-state index in [0.717, 1.165) is 43.6 Å². The van der Waals surface area contributed by atoms with Crippen molar-refractivity contribution in [3.63, 3.8) is 0 Å². The Morgan fingerprint density at radius 2 is 2.04 bits per heavy atom. The van der Waals surface area contributed by atoms with Crippen LogP contribution in [0.3, 0.4) is 0 Å². The van der Waals surface area contributed by atoms with Crippen LogP contribution in [0, 0.1) is 0 Å². The van der Waals surface area contributed by atoms with Gasteiger partial charge in [-0.05, 0) is 44.7 Å². The number of hydrogen-bond acceptors (Lipinski definition) is 3. The van der Waals surface area contributed by atoms with Gasteiger partial charge in [0.2, 0.25) is 0 Å². The van der Waals surface area contributed by atoms with E-state index in [1.165, 1.54) is 12.8 Å². The highest BCUT2D eigenvalue weighted by molar-refractivity contribution is 14.0. The van der Waals surface area contributed by atoms with Crippen LogP contribution in [0.1, 0.15) is 32.3 Å². The number of aromatic nitrogens is 1. The lowest BCUT2D eigenvalue weighted by Gasteiger charge is -2.26. The molecule has 1 fully saturated rings. The first-order chi connectivity index (χ1) is 11.1. The van der Waals surface area contributed by atoms with Gasteiger partial charge in [0.15, 0.2) is 5.96 Å². The molecule has 1 aromatic rings. The molecule has 136 valence electrons. The van der Waals surface area contributed by atoms with E-state index >= 15 is 0 Å². The fourth-order valence-corrected chi connectivity index (χ4v) is 2.78. The number of hydrogen-bond donors (Lipinski definition) is 2. The van der Waals surface area contributed by atoms with Crippen LogP contribution in [0.5, 0.6) is 0 Å². The lowest BCUT2D eigenvalue weighted by atomic mass is 10.2. The number of pyridine rings is 1. The SMILES string of the molecule is CN=C(NCCc1ccc(Cl)nc1)NCCN(C(C)C)C1CC1.I. The average molecular weight is 466 g/mol. The van der Waals surface area contributed by atoms with E-state index in [4.69, 9.17) is 11.6 Å². The van der Waals surface area contributed by atoms with Gasteiger partial charge in [0.1, 0.15) is 5.15 Å². The zero-order chi connectivity index (χ0) is 16.7. The van der Waals surface area contributed by atoms with Gasteiger partial charge in [0.25, 0.3) is 0 Å². The van der Waals surface area contributed by atoms with Gasteiger partial charge in [0.05, 0.1) is 0 Å². The van der Waals surface area contributed by atoms with Gasteiger partial charge in [-0.2, -0.15) is 0 Å². The fraction of sp³-hybridized carbons (Fsp3) is 0.647. The molecule has 2 rings (SSSR count). The molecule has 1 aromatic heterocycles. The molecule has 0 radical (unpaired) electrons. The number of guanidine groups is 1. The minimum absolute atomic E-state index is 0. The van der Waals surface area contributed by atoms with E-state index in [2.05, 4.69) is 39.4 Å². The smallest absolute Gasteiger partial charge is 0.191 e. The van der Waals surface area contributed by atoms with E-state index in [-0.39, 0.29) is 24.0 Å². The molecule has 7 heteroatoms. The number of nitrogens with one attached hydrogen (secondary N) is 2. The summed E-state index contributed by atoms with van der Waals surface area (Å²) in [6, 6.07) is 5.23. The maximum Gasteiger partial charge on any atom is 0.191 e. The molecule has 0 amide bonds. The van der Waals surface area contributed by atoms with Crippen LogP contribution < -0.4 is 10.6 Å². The lowest BCUT2D eigenvalue weighted by Crippen LogP contribution is -2.44. The third-order valence-electron chi connectivity index (χ3n) is 4.06. The Hall–Kier alpha value is -0.600. The average Bonchev–Trinajstić information content (AvgIpc) is 3.36. The largest absolute Gasteiger partial charge is 0.356 e. The second-order valence-electron chi connectivity index (χ2n) is 6.23. The maximum atomic E-state index is 5.79. The normalized spacial score (nSPS) is 14.7. The molecule has 0 aliphatic heterocycles. The van der Waals surface area contributed by atoms with Crippen molar-refractivity contribution in [3.05, 3.63) is 29.0 Å². The van der Waals surface area contributed by atoms with Crippen molar-refractivity contribution in [1.82, 2.24) is 20.5 Å². The summed E-state index contributed by atoms with van der Waals surface area (Å²) in [5.41, 5.74) is 1.16. The van der Waals surface area contributed by atoms with Crippen molar-refractivity contribution in [2.45, 2.75) is 45.2 Å². The van der Waals surface area contributed by atoms with Crippen molar-refractivity contribution in [2.24, 2.45) is 4.99 Å². The van der Waals surface area contributed by atoms with Gasteiger partial charge in [-0.3, -0.25) is 9.89 Å². The van der Waals surface area contributed by atoms with Gasteiger partial charge in [0, 0.05) is 45.0 Å². The van der Waals surface area contributed by atoms with E-state index < -0.39 is 0 Å². The molecule has 24 heavy (non-hydrogen) atoms. The first-order valence-electron chi connectivity index (χ1n) is 8.41. The third kappa shape index (κ3) is 7.53. The Kier molecular flexibility index (Phi) is 9.92. The second-order valence-corrected chi connectivity index (χ2v) is 6.61. The van der Waals surface area contributed by atoms with Crippen LogP contribution in [0.2, 0.25) is 5.15 Å². The van der Waals surface area contributed by atoms with Crippen molar-refractivity contribution in [3.8, 4) is 0 Å². The molecule has 0 unspecified atom stereocenters. The minimum atomic E-state index is 0. The molecular weight excluding hydrogens is 437 g/mol. The Morgan fingerprint density at radius 1 is 1.33 bits per heavy atom. The molecule has 1 saturated carbocycles. The maximum absolute atomic E-state index is 5.79. The van der Waals surface area contributed by atoms with Crippen molar-refractivity contribution >= 4 is 41.5 Å². The number of nitrogens with zero attached hydrogens (tertiary/aromatic N) is 3. The highest BCUT2D eigenvalue weighted by atomic mass is 127. The summed E-state index contributed by atoms with van der Waals surface area (Å²) in [6.07, 6.45) is 5.40. The Balaban J connectivity index is 0.00000288. The summed E-state index contributed by atoms with van der Waals surface area (Å²) in [4.78, 5) is 10.9. The monoisotopic (exact) mass is 465 g/mol. The van der Waals surface area contributed by atoms with Gasteiger partial charge < -0.3 is 10.6 Å². The van der Waals surface area contributed by atoms with Crippen molar-refractivity contribution in [1.29, 1.82) is 0 Å². The molecule has 1 aliphatic rings. The quantitative estimate of drug-likeness (QED) is 0.268. The summed E-state index contributed by atoms with van der Waals surface area (Å²) in [7, 11) is 1.81. The molecule has 5 nitrogen and oxygen atoms in total. The highest BCUT2D eigenvalue weighted by Gasteiger charge is 2.29. The zero-order valence-electron chi connectivity index (χ0n) is 14.8. The molecule has 1 aliphatic carbocycles. The van der Waals surface area contributed by atoms with Crippen LogP contribution in [0.4, 0.5) is 0 Å². The van der Waals surface area contributed by atoms with Gasteiger partial charge >= 0.3 is 0 Å². The summed E-state index contributed by atoms with van der Waals surface area (Å²) in [6.45, 7) is 7.33. The summed E-state index contributed by atoms with van der Waals surface area (Å²) in [5.74, 6) is 0.853. The molecule has 0 saturated heterocycles. The van der Waals surface area contributed by atoms with E-state index in [0.29, 0.717) is 11.2 Å². The van der Waals surface area contributed by atoms with Crippen LogP contribution in [0.15, 0.2) is 23.3 Å². The molecule has 1 heterocycles. The summed E-state index contributed by atoms with van der Waals surface area (Å²) in [5, 5.41) is 7.27. The third-order valence-corrected chi connectivity index (χ3v) is 4.28. The van der Waals surface area contributed by atoms with Crippen molar-refractivity contribution in [2.75, 3.05) is 26.7 Å². The Bertz CT molecular complexity index is 500. The molecule has 0 bridgehead atoms. The topological polar surface area (TPSA) is 52.6 Å². The number of rotatable bonds is 8. The number of aliphatic imine (C=N–C) groups is 1. The Morgan fingerprint density at radius 3 is 2.58 bits per heavy atom. The second kappa shape index (κ2) is 11.1. The summed E-state index contributed by atoms with van der Waals surface area (Å²) < 4.78 is 0. The predicted octanol–water partition coefficient (Wildman–Crippen LogP) is 2.93. The van der Waals surface area contributed by atoms with E-state index in [1.807, 2.05) is 18.3 Å². The van der Waals surface area contributed by atoms with E-state index in [1.54, 1.807) is 7.05 Å². The molecule has 2 N–H and O–H groups in total. The van der Waals surface area contributed by atoms with Crippen LogP contribution in [-0.2, 0) is 6.42 Å². The number of halogens is 2.